The number of imidazole rings is 1. The van der Waals surface area contributed by atoms with E-state index in [0.29, 0.717) is 27.0 Å². The molecule has 0 atom stereocenters. The van der Waals surface area contributed by atoms with Gasteiger partial charge in [-0.2, -0.15) is 0 Å². The molecule has 4 aromatic rings. The van der Waals surface area contributed by atoms with Gasteiger partial charge in [-0.1, -0.05) is 64.9 Å². The predicted octanol–water partition coefficient (Wildman–Crippen LogP) is 5.85. The summed E-state index contributed by atoms with van der Waals surface area (Å²) in [5.74, 6) is 0. The number of aromatic nitrogens is 2. The Morgan fingerprint density at radius 2 is 1.88 bits per heavy atom. The highest BCUT2D eigenvalue weighted by molar-refractivity contribution is 7.20. The molecule has 0 radical (unpaired) electrons. The van der Waals surface area contributed by atoms with Crippen molar-refractivity contribution in [1.82, 2.24) is 9.38 Å². The molecule has 0 spiro atoms. The molecule has 2 aromatic carbocycles. The molecule has 3 nitrogen and oxygen atoms in total. The molecule has 0 saturated heterocycles. The minimum Gasteiger partial charge on any atom is -0.296 e. The number of carbonyl (C=O) groups excluding carboxylic acids is 1. The molecule has 0 amide bonds. The minimum atomic E-state index is 0.472. The highest BCUT2D eigenvalue weighted by atomic mass is 35.5. The number of thiazole rings is 1. The number of aldehydes is 1. The van der Waals surface area contributed by atoms with Gasteiger partial charge in [-0.3, -0.25) is 9.20 Å². The molecular weight excluding hydrogens is 363 g/mol. The Morgan fingerprint density at radius 1 is 1.08 bits per heavy atom. The third-order valence-electron chi connectivity index (χ3n) is 3.72. The molecule has 0 aliphatic rings. The monoisotopic (exact) mass is 372 g/mol. The van der Waals surface area contributed by atoms with Crippen molar-refractivity contribution < 1.29 is 4.79 Å². The summed E-state index contributed by atoms with van der Waals surface area (Å²) in [6, 6.07) is 15.2. The Kier molecular flexibility index (Phi) is 3.88. The summed E-state index contributed by atoms with van der Waals surface area (Å²) in [5, 5.41) is 1.02. The first-order valence-corrected chi connectivity index (χ1v) is 8.72. The van der Waals surface area contributed by atoms with E-state index in [1.807, 2.05) is 36.5 Å². The normalized spacial score (nSPS) is 11.1. The summed E-state index contributed by atoms with van der Waals surface area (Å²) in [6.07, 6.45) is 2.74. The molecule has 0 aliphatic carbocycles. The fourth-order valence-corrected chi connectivity index (χ4v) is 4.08. The van der Waals surface area contributed by atoms with Crippen molar-refractivity contribution in [2.75, 3.05) is 0 Å². The van der Waals surface area contributed by atoms with Crippen LogP contribution in [0.4, 0.5) is 0 Å². The Hall–Kier alpha value is -2.14. The summed E-state index contributed by atoms with van der Waals surface area (Å²) in [6.45, 7) is 0. The molecule has 118 valence electrons. The Labute approximate surface area is 152 Å². The van der Waals surface area contributed by atoms with Gasteiger partial charge < -0.3 is 0 Å². The highest BCUT2D eigenvalue weighted by Gasteiger charge is 2.18. The van der Waals surface area contributed by atoms with Crippen LogP contribution in [0, 0.1) is 0 Å². The molecule has 6 heteroatoms. The van der Waals surface area contributed by atoms with Crippen LogP contribution in [0.5, 0.6) is 0 Å². The van der Waals surface area contributed by atoms with Crippen molar-refractivity contribution in [2.24, 2.45) is 0 Å². The van der Waals surface area contributed by atoms with Crippen LogP contribution >= 0.6 is 34.5 Å². The van der Waals surface area contributed by atoms with Gasteiger partial charge >= 0.3 is 0 Å². The Balaban J connectivity index is 1.90. The van der Waals surface area contributed by atoms with Crippen LogP contribution < -0.4 is 0 Å². The maximum atomic E-state index is 11.7. The van der Waals surface area contributed by atoms with Crippen LogP contribution in [0.15, 0.2) is 54.7 Å². The molecule has 0 N–H and O–H groups in total. The number of benzene rings is 2. The average molecular weight is 373 g/mol. The van der Waals surface area contributed by atoms with Gasteiger partial charge in [0.25, 0.3) is 0 Å². The van der Waals surface area contributed by atoms with E-state index < -0.39 is 0 Å². The van der Waals surface area contributed by atoms with Crippen molar-refractivity contribution in [1.29, 1.82) is 0 Å². The van der Waals surface area contributed by atoms with Gasteiger partial charge in [0.1, 0.15) is 11.4 Å². The first-order valence-electron chi connectivity index (χ1n) is 7.15. The van der Waals surface area contributed by atoms with Gasteiger partial charge in [0.05, 0.1) is 9.90 Å². The lowest BCUT2D eigenvalue weighted by molar-refractivity contribution is 0.111. The molecule has 4 rings (SSSR count). The Bertz CT molecular complexity index is 1050. The lowest BCUT2D eigenvalue weighted by Gasteiger charge is -2.02. The minimum absolute atomic E-state index is 0.472. The predicted molar refractivity (Wildman–Crippen MR) is 99.3 cm³/mol. The number of carbonyl (C=O) groups is 1. The molecule has 24 heavy (non-hydrogen) atoms. The van der Waals surface area contributed by atoms with Gasteiger partial charge in [-0.15, -0.1) is 0 Å². The van der Waals surface area contributed by atoms with E-state index in [2.05, 4.69) is 4.98 Å². The van der Waals surface area contributed by atoms with E-state index in [-0.39, 0.29) is 0 Å². The van der Waals surface area contributed by atoms with Crippen LogP contribution in [-0.2, 0) is 0 Å². The zero-order valence-corrected chi connectivity index (χ0v) is 14.6. The molecular formula is C18H10Cl2N2OS. The first kappa shape index (κ1) is 15.4. The summed E-state index contributed by atoms with van der Waals surface area (Å²) in [4.78, 5) is 18.1. The largest absolute Gasteiger partial charge is 0.296 e. The number of nitrogens with zero attached hydrogens (tertiary/aromatic N) is 2. The van der Waals surface area contributed by atoms with Crippen LogP contribution in [0.1, 0.15) is 10.5 Å². The summed E-state index contributed by atoms with van der Waals surface area (Å²) in [5.41, 5.74) is 2.83. The summed E-state index contributed by atoms with van der Waals surface area (Å²) in [7, 11) is 0. The highest BCUT2D eigenvalue weighted by Crippen LogP contribution is 2.35. The molecule has 0 saturated carbocycles. The second-order valence-electron chi connectivity index (χ2n) is 5.20. The SMILES string of the molecule is O=Cc1c(-c2ccc(Cl)cc2Cl)nc2sc(-c3ccccc3)cn12. The zero-order valence-electron chi connectivity index (χ0n) is 12.2. The molecule has 0 aliphatic heterocycles. The topological polar surface area (TPSA) is 34.4 Å². The summed E-state index contributed by atoms with van der Waals surface area (Å²) >= 11 is 13.7. The second-order valence-corrected chi connectivity index (χ2v) is 7.05. The Morgan fingerprint density at radius 3 is 2.58 bits per heavy atom. The first-order chi connectivity index (χ1) is 11.7. The lowest BCUT2D eigenvalue weighted by Crippen LogP contribution is -1.91. The van der Waals surface area contributed by atoms with Crippen LogP contribution in [0.2, 0.25) is 10.0 Å². The second kappa shape index (κ2) is 6.06. The number of fused-ring (bicyclic) bond motifs is 1. The van der Waals surface area contributed by atoms with E-state index in [0.717, 1.165) is 21.7 Å². The number of hydrogen-bond acceptors (Lipinski definition) is 3. The molecule has 2 aromatic heterocycles. The van der Waals surface area contributed by atoms with Gasteiger partial charge in [-0.05, 0) is 23.8 Å². The summed E-state index contributed by atoms with van der Waals surface area (Å²) < 4.78 is 1.81. The molecule has 0 fully saturated rings. The van der Waals surface area contributed by atoms with Crippen LogP contribution in [0.25, 0.3) is 26.7 Å². The standard InChI is InChI=1S/C18H10Cl2N2OS/c19-12-6-7-13(14(20)8-12)17-15(10-23)22-9-16(24-18(22)21-17)11-4-2-1-3-5-11/h1-10H. The quantitative estimate of drug-likeness (QED) is 0.422. The fraction of sp³-hybridized carbons (Fsp3) is 0. The van der Waals surface area contributed by atoms with Crippen molar-refractivity contribution in [3.8, 4) is 21.7 Å². The van der Waals surface area contributed by atoms with Crippen molar-refractivity contribution >= 4 is 45.8 Å². The van der Waals surface area contributed by atoms with E-state index in [9.17, 15) is 4.79 Å². The van der Waals surface area contributed by atoms with E-state index in [1.165, 1.54) is 11.3 Å². The van der Waals surface area contributed by atoms with Crippen molar-refractivity contribution in [3.63, 3.8) is 0 Å². The van der Waals surface area contributed by atoms with E-state index in [1.54, 1.807) is 22.6 Å². The third kappa shape index (κ3) is 2.53. The third-order valence-corrected chi connectivity index (χ3v) is 5.30. The van der Waals surface area contributed by atoms with Gasteiger partial charge in [-0.25, -0.2) is 4.98 Å². The average Bonchev–Trinajstić information content (AvgIpc) is 3.13. The molecule has 0 bridgehead atoms. The molecule has 2 heterocycles. The maximum Gasteiger partial charge on any atom is 0.195 e. The van der Waals surface area contributed by atoms with Crippen LogP contribution in [-0.4, -0.2) is 15.7 Å². The number of rotatable bonds is 3. The van der Waals surface area contributed by atoms with Crippen molar-refractivity contribution in [3.05, 3.63) is 70.5 Å². The lowest BCUT2D eigenvalue weighted by atomic mass is 10.1. The maximum absolute atomic E-state index is 11.7. The van der Waals surface area contributed by atoms with Gasteiger partial charge in [0, 0.05) is 16.8 Å². The zero-order chi connectivity index (χ0) is 16.7. The van der Waals surface area contributed by atoms with Crippen LogP contribution in [0.3, 0.4) is 0 Å². The van der Waals surface area contributed by atoms with E-state index in [4.69, 9.17) is 23.2 Å². The number of hydrogen-bond donors (Lipinski definition) is 0. The smallest absolute Gasteiger partial charge is 0.195 e. The van der Waals surface area contributed by atoms with E-state index >= 15 is 0 Å². The van der Waals surface area contributed by atoms with Gasteiger partial charge in [0.15, 0.2) is 11.2 Å². The fourth-order valence-electron chi connectivity index (χ4n) is 2.59. The number of halogens is 2. The van der Waals surface area contributed by atoms with Crippen molar-refractivity contribution in [2.45, 2.75) is 0 Å². The van der Waals surface area contributed by atoms with Gasteiger partial charge in [0.2, 0.25) is 0 Å². The molecule has 0 unspecified atom stereocenters.